The number of ether oxygens (including phenoxy) is 2. The Morgan fingerprint density at radius 3 is 1.83 bits per heavy atom. The summed E-state index contributed by atoms with van der Waals surface area (Å²) in [5.74, 6) is 3.58. The summed E-state index contributed by atoms with van der Waals surface area (Å²) < 4.78 is 13.1. The van der Waals surface area contributed by atoms with E-state index in [1.54, 1.807) is 0 Å². The third-order valence-electron chi connectivity index (χ3n) is 11.5. The van der Waals surface area contributed by atoms with E-state index in [0.29, 0.717) is 0 Å². The molecule has 0 saturated heterocycles. The molecule has 0 bridgehead atoms. The van der Waals surface area contributed by atoms with Gasteiger partial charge in [-0.2, -0.15) is 0 Å². The lowest BCUT2D eigenvalue weighted by molar-refractivity contribution is 0.464. The summed E-state index contributed by atoms with van der Waals surface area (Å²) in [5.41, 5.74) is 14.3. The topological polar surface area (TPSA) is 21.7 Å². The smallest absolute Gasteiger partial charge is 0.260 e. The maximum Gasteiger partial charge on any atom is 0.260 e. The molecule has 0 aromatic heterocycles. The minimum absolute atomic E-state index is 0.0482. The van der Waals surface area contributed by atoms with Gasteiger partial charge in [0, 0.05) is 27.9 Å². The monoisotopic (exact) mass is 679 g/mol. The number of anilines is 3. The van der Waals surface area contributed by atoms with Crippen molar-refractivity contribution in [3.63, 3.8) is 0 Å². The van der Waals surface area contributed by atoms with E-state index in [0.717, 1.165) is 45.5 Å². The summed E-state index contributed by atoms with van der Waals surface area (Å²) in [5, 5.41) is 2.44. The Bertz CT molecular complexity index is 2760. The molecule has 53 heavy (non-hydrogen) atoms. The van der Waals surface area contributed by atoms with Crippen LogP contribution in [0.3, 0.4) is 0 Å². The van der Waals surface area contributed by atoms with Crippen molar-refractivity contribution in [3.05, 3.63) is 181 Å². The van der Waals surface area contributed by atoms with Gasteiger partial charge >= 0.3 is 0 Å². The molecule has 0 amide bonds. The average molecular weight is 680 g/mol. The molecule has 0 atom stereocenters. The van der Waals surface area contributed by atoms with Gasteiger partial charge in [-0.05, 0) is 128 Å². The molecule has 11 rings (SSSR count). The van der Waals surface area contributed by atoms with E-state index in [1.165, 1.54) is 55.1 Å². The Hall–Kier alpha value is -6.52. The highest BCUT2D eigenvalue weighted by Gasteiger charge is 2.43. The lowest BCUT2D eigenvalue weighted by atomic mass is 9.34. The third-order valence-corrected chi connectivity index (χ3v) is 11.5. The predicted molar refractivity (Wildman–Crippen MR) is 219 cm³/mol. The van der Waals surface area contributed by atoms with Crippen molar-refractivity contribution in [1.29, 1.82) is 0 Å². The zero-order chi connectivity index (χ0) is 35.3. The zero-order valence-corrected chi connectivity index (χ0v) is 29.5. The lowest BCUT2D eigenvalue weighted by Crippen LogP contribution is -2.57. The molecule has 0 spiro atoms. The lowest BCUT2D eigenvalue weighted by Gasteiger charge is -2.33. The van der Waals surface area contributed by atoms with Gasteiger partial charge in [0.25, 0.3) is 6.71 Å². The second-order valence-electron chi connectivity index (χ2n) is 14.9. The van der Waals surface area contributed by atoms with Gasteiger partial charge in [0.05, 0.1) is 0 Å². The summed E-state index contributed by atoms with van der Waals surface area (Å²) >= 11 is 0. The van der Waals surface area contributed by atoms with Crippen molar-refractivity contribution >= 4 is 50.9 Å². The Morgan fingerprint density at radius 1 is 0.434 bits per heavy atom. The number of nitrogens with zero attached hydrogens (tertiary/aromatic N) is 1. The second kappa shape index (κ2) is 11.2. The maximum atomic E-state index is 6.71. The summed E-state index contributed by atoms with van der Waals surface area (Å²) in [6.07, 6.45) is 0. The molecule has 3 nitrogen and oxygen atoms in total. The van der Waals surface area contributed by atoms with Crippen molar-refractivity contribution in [1.82, 2.24) is 0 Å². The summed E-state index contributed by atoms with van der Waals surface area (Å²) in [7, 11) is 0. The fraction of sp³-hybridized carbons (Fsp3) is 0.0612. The molecule has 0 fully saturated rings. The molecule has 1 aliphatic carbocycles. The van der Waals surface area contributed by atoms with Gasteiger partial charge in [-0.15, -0.1) is 0 Å². The van der Waals surface area contributed by atoms with E-state index in [1.807, 2.05) is 12.1 Å². The van der Waals surface area contributed by atoms with Crippen LogP contribution in [-0.4, -0.2) is 6.71 Å². The van der Waals surface area contributed by atoms with Crippen LogP contribution in [0.15, 0.2) is 170 Å². The first-order chi connectivity index (χ1) is 26.0. The highest BCUT2D eigenvalue weighted by atomic mass is 16.5. The molecule has 2 heterocycles. The maximum absolute atomic E-state index is 6.71. The predicted octanol–water partition coefficient (Wildman–Crippen LogP) is 11.0. The number of hydrogen-bond donors (Lipinski definition) is 0. The van der Waals surface area contributed by atoms with Crippen molar-refractivity contribution in [2.45, 2.75) is 19.3 Å². The molecule has 8 aromatic carbocycles. The number of benzene rings is 8. The molecule has 8 aromatic rings. The molecule has 0 radical (unpaired) electrons. The number of para-hydroxylation sites is 2. The Morgan fingerprint density at radius 2 is 1.04 bits per heavy atom. The first-order valence-corrected chi connectivity index (χ1v) is 18.4. The third kappa shape index (κ3) is 4.55. The van der Waals surface area contributed by atoms with E-state index in [-0.39, 0.29) is 12.1 Å². The van der Waals surface area contributed by atoms with Crippen molar-refractivity contribution < 1.29 is 9.47 Å². The van der Waals surface area contributed by atoms with E-state index in [2.05, 4.69) is 176 Å². The highest BCUT2D eigenvalue weighted by Crippen LogP contribution is 2.52. The van der Waals surface area contributed by atoms with Crippen molar-refractivity contribution in [3.8, 4) is 45.3 Å². The van der Waals surface area contributed by atoms with Crippen LogP contribution in [0.1, 0.15) is 25.0 Å². The summed E-state index contributed by atoms with van der Waals surface area (Å²) in [4.78, 5) is 2.35. The molecule has 0 N–H and O–H groups in total. The van der Waals surface area contributed by atoms with Gasteiger partial charge in [0.2, 0.25) is 0 Å². The van der Waals surface area contributed by atoms with Crippen LogP contribution in [0.25, 0.3) is 33.0 Å². The molecule has 4 heteroatoms. The van der Waals surface area contributed by atoms with Crippen LogP contribution >= 0.6 is 0 Å². The summed E-state index contributed by atoms with van der Waals surface area (Å²) in [6, 6.07) is 61.1. The van der Waals surface area contributed by atoms with Gasteiger partial charge in [0.15, 0.2) is 0 Å². The van der Waals surface area contributed by atoms with Crippen LogP contribution in [0.5, 0.6) is 23.0 Å². The first kappa shape index (κ1) is 30.1. The molecule has 3 aliphatic rings. The van der Waals surface area contributed by atoms with Crippen LogP contribution in [0.4, 0.5) is 17.1 Å². The molecule has 250 valence electrons. The molecule has 2 aliphatic heterocycles. The Balaban J connectivity index is 1.03. The molecule has 0 unspecified atom stereocenters. The second-order valence-corrected chi connectivity index (χ2v) is 14.9. The average Bonchev–Trinajstić information content (AvgIpc) is 3.41. The molecular weight excluding hydrogens is 645 g/mol. The van der Waals surface area contributed by atoms with Crippen LogP contribution in [0.2, 0.25) is 0 Å². The SMILES string of the molecule is CC1(C)c2cc3c(cc2-c2cc4ccc(N(c5ccccc5)c5ccc(-c6ccccc6)cc5)cc4cc21)Oc1cccc2c1B3c1ccccc1O2. The van der Waals surface area contributed by atoms with Gasteiger partial charge in [-0.1, -0.05) is 111 Å². The molecule has 0 saturated carbocycles. The van der Waals surface area contributed by atoms with Gasteiger partial charge in [0.1, 0.15) is 23.0 Å². The van der Waals surface area contributed by atoms with E-state index in [4.69, 9.17) is 9.47 Å². The van der Waals surface area contributed by atoms with Crippen molar-refractivity contribution in [2.24, 2.45) is 0 Å². The normalized spacial score (nSPS) is 13.9. The van der Waals surface area contributed by atoms with E-state index in [9.17, 15) is 0 Å². The first-order valence-electron chi connectivity index (χ1n) is 18.4. The minimum atomic E-state index is -0.208. The highest BCUT2D eigenvalue weighted by molar-refractivity contribution is 6.98. The van der Waals surface area contributed by atoms with Gasteiger partial charge in [-0.25, -0.2) is 0 Å². The van der Waals surface area contributed by atoms with Gasteiger partial charge in [-0.3, -0.25) is 0 Å². The van der Waals surface area contributed by atoms with Crippen LogP contribution in [-0.2, 0) is 5.41 Å². The van der Waals surface area contributed by atoms with Gasteiger partial charge < -0.3 is 14.4 Å². The Kier molecular flexibility index (Phi) is 6.39. The fourth-order valence-corrected chi connectivity index (χ4v) is 8.93. The van der Waals surface area contributed by atoms with Crippen LogP contribution in [0, 0.1) is 0 Å². The van der Waals surface area contributed by atoms with E-state index < -0.39 is 0 Å². The van der Waals surface area contributed by atoms with Crippen molar-refractivity contribution in [2.75, 3.05) is 4.90 Å². The quantitative estimate of drug-likeness (QED) is 0.173. The fourth-order valence-electron chi connectivity index (χ4n) is 8.93. The molecular formula is C49H34BNO2. The number of rotatable bonds is 4. The van der Waals surface area contributed by atoms with Crippen LogP contribution < -0.4 is 30.8 Å². The number of hydrogen-bond acceptors (Lipinski definition) is 3. The number of fused-ring (bicyclic) bond motifs is 8. The zero-order valence-electron chi connectivity index (χ0n) is 29.5. The Labute approximate surface area is 309 Å². The largest absolute Gasteiger partial charge is 0.458 e. The summed E-state index contributed by atoms with van der Waals surface area (Å²) in [6.45, 7) is 4.78. The van der Waals surface area contributed by atoms with E-state index >= 15 is 0 Å². The standard InChI is InChI=1S/C49H34BNO2/c1-49(2)40-28-34-26-37(51(35-14-7-4-8-15-35)36-23-20-32(21-24-36)31-12-5-3-6-13-31)25-22-33(34)27-38(40)39-29-47-43(30-41(39)49)50-42-16-9-10-17-44(42)52-45-18-11-19-46(53-47)48(45)50/h3-30H,1-2H3. The minimum Gasteiger partial charge on any atom is -0.458 e.